The summed E-state index contributed by atoms with van der Waals surface area (Å²) >= 11 is 0. The van der Waals surface area contributed by atoms with E-state index in [-0.39, 0.29) is 17.9 Å². The van der Waals surface area contributed by atoms with Gasteiger partial charge in [0, 0.05) is 26.2 Å². The predicted molar refractivity (Wildman–Crippen MR) is 64.0 cm³/mol. The van der Waals surface area contributed by atoms with Gasteiger partial charge in [-0.1, -0.05) is 12.5 Å². The first-order valence-corrected chi connectivity index (χ1v) is 5.85. The number of methoxy groups -OCH3 is 1. The Labute approximate surface area is 97.4 Å². The minimum Gasteiger partial charge on any atom is -0.383 e. The molecule has 1 amide bonds. The van der Waals surface area contributed by atoms with Gasteiger partial charge in [0.25, 0.3) is 0 Å². The molecule has 2 N–H and O–H groups in total. The van der Waals surface area contributed by atoms with Crippen molar-refractivity contribution in [1.82, 2.24) is 4.90 Å². The van der Waals surface area contributed by atoms with Crippen LogP contribution in [0.3, 0.4) is 0 Å². The number of rotatable bonds is 6. The van der Waals surface area contributed by atoms with Crippen molar-refractivity contribution in [2.24, 2.45) is 11.7 Å². The molecule has 4 nitrogen and oxygen atoms in total. The maximum Gasteiger partial charge on any atom is 0.227 e. The molecule has 0 aliphatic heterocycles. The van der Waals surface area contributed by atoms with E-state index in [2.05, 4.69) is 6.58 Å². The van der Waals surface area contributed by atoms with Gasteiger partial charge < -0.3 is 15.4 Å². The molecular formula is C12H22N2O2. The second-order valence-electron chi connectivity index (χ2n) is 4.27. The highest BCUT2D eigenvalue weighted by atomic mass is 16.5. The summed E-state index contributed by atoms with van der Waals surface area (Å²) in [6.45, 7) is 5.42. The summed E-state index contributed by atoms with van der Waals surface area (Å²) in [6.07, 6.45) is 4.68. The van der Waals surface area contributed by atoms with Crippen LogP contribution in [0.15, 0.2) is 12.7 Å². The van der Waals surface area contributed by atoms with Crippen LogP contribution in [0.5, 0.6) is 0 Å². The third kappa shape index (κ3) is 3.32. The molecule has 0 bridgehead atoms. The lowest BCUT2D eigenvalue weighted by Gasteiger charge is -2.26. The smallest absolute Gasteiger partial charge is 0.227 e. The van der Waals surface area contributed by atoms with Crippen molar-refractivity contribution in [3.8, 4) is 0 Å². The van der Waals surface area contributed by atoms with E-state index in [0.717, 1.165) is 19.3 Å². The first-order chi connectivity index (χ1) is 7.70. The fourth-order valence-electron chi connectivity index (χ4n) is 2.18. The second-order valence-corrected chi connectivity index (χ2v) is 4.27. The van der Waals surface area contributed by atoms with Crippen LogP contribution in [0.4, 0.5) is 0 Å². The summed E-state index contributed by atoms with van der Waals surface area (Å²) in [7, 11) is 1.64. The topological polar surface area (TPSA) is 55.6 Å². The third-order valence-electron chi connectivity index (χ3n) is 3.11. The number of carbonyl (C=O) groups excluding carboxylic acids is 1. The molecule has 2 atom stereocenters. The summed E-state index contributed by atoms with van der Waals surface area (Å²) in [5.41, 5.74) is 5.94. The van der Waals surface area contributed by atoms with Gasteiger partial charge in [0.05, 0.1) is 12.5 Å². The number of hydrogen-bond acceptors (Lipinski definition) is 3. The lowest BCUT2D eigenvalue weighted by Crippen LogP contribution is -2.43. The summed E-state index contributed by atoms with van der Waals surface area (Å²) in [6, 6.07) is 0.0300. The Bertz CT molecular complexity index is 243. The molecule has 1 fully saturated rings. The zero-order valence-corrected chi connectivity index (χ0v) is 10.0. The van der Waals surface area contributed by atoms with Crippen LogP contribution in [0.25, 0.3) is 0 Å². The van der Waals surface area contributed by atoms with Crippen molar-refractivity contribution >= 4 is 5.91 Å². The lowest BCUT2D eigenvalue weighted by molar-refractivity contribution is -0.135. The van der Waals surface area contributed by atoms with Crippen LogP contribution in [0.1, 0.15) is 19.3 Å². The molecule has 0 spiro atoms. The number of hydrogen-bond donors (Lipinski definition) is 1. The van der Waals surface area contributed by atoms with Crippen molar-refractivity contribution in [3.63, 3.8) is 0 Å². The van der Waals surface area contributed by atoms with Gasteiger partial charge in [0.1, 0.15) is 0 Å². The SMILES string of the molecule is C=CCN(CCOC)C(=O)C1CCCC1N. The fraction of sp³-hybridized carbons (Fsp3) is 0.750. The number of ether oxygens (including phenoxy) is 1. The van der Waals surface area contributed by atoms with Gasteiger partial charge in [-0.15, -0.1) is 6.58 Å². The Hall–Kier alpha value is -0.870. The molecule has 1 saturated carbocycles. The lowest BCUT2D eigenvalue weighted by atomic mass is 10.0. The number of nitrogens with two attached hydrogens (primary N) is 1. The van der Waals surface area contributed by atoms with E-state index in [1.807, 2.05) is 0 Å². The molecule has 2 unspecified atom stereocenters. The maximum atomic E-state index is 12.2. The van der Waals surface area contributed by atoms with Crippen LogP contribution in [0.2, 0.25) is 0 Å². The van der Waals surface area contributed by atoms with Crippen molar-refractivity contribution in [2.75, 3.05) is 26.8 Å². The number of nitrogens with zero attached hydrogens (tertiary/aromatic N) is 1. The summed E-state index contributed by atoms with van der Waals surface area (Å²) in [4.78, 5) is 14.0. The van der Waals surface area contributed by atoms with Gasteiger partial charge in [-0.25, -0.2) is 0 Å². The normalized spacial score (nSPS) is 24.4. The highest BCUT2D eigenvalue weighted by Gasteiger charge is 2.32. The Morgan fingerprint density at radius 3 is 2.88 bits per heavy atom. The van der Waals surface area contributed by atoms with Gasteiger partial charge in [0.2, 0.25) is 5.91 Å². The number of carbonyl (C=O) groups is 1. The van der Waals surface area contributed by atoms with E-state index in [1.165, 1.54) is 0 Å². The van der Waals surface area contributed by atoms with Crippen molar-refractivity contribution in [3.05, 3.63) is 12.7 Å². The molecule has 1 aliphatic rings. The van der Waals surface area contributed by atoms with Crippen LogP contribution in [0, 0.1) is 5.92 Å². The summed E-state index contributed by atoms with van der Waals surface area (Å²) in [5, 5.41) is 0. The molecule has 16 heavy (non-hydrogen) atoms. The van der Waals surface area contributed by atoms with E-state index in [9.17, 15) is 4.79 Å². The van der Waals surface area contributed by atoms with Crippen LogP contribution in [-0.2, 0) is 9.53 Å². The maximum absolute atomic E-state index is 12.2. The number of amides is 1. The zero-order chi connectivity index (χ0) is 12.0. The van der Waals surface area contributed by atoms with E-state index in [4.69, 9.17) is 10.5 Å². The van der Waals surface area contributed by atoms with Crippen LogP contribution < -0.4 is 5.73 Å². The van der Waals surface area contributed by atoms with Crippen LogP contribution >= 0.6 is 0 Å². The summed E-state index contributed by atoms with van der Waals surface area (Å²) in [5.74, 6) is 0.152. The Morgan fingerprint density at radius 1 is 1.62 bits per heavy atom. The highest BCUT2D eigenvalue weighted by molar-refractivity contribution is 5.80. The monoisotopic (exact) mass is 226 g/mol. The molecule has 0 radical (unpaired) electrons. The molecule has 92 valence electrons. The van der Waals surface area contributed by atoms with E-state index in [1.54, 1.807) is 18.1 Å². The molecule has 0 aromatic heterocycles. The van der Waals surface area contributed by atoms with Gasteiger partial charge in [-0.3, -0.25) is 4.79 Å². The molecule has 0 saturated heterocycles. The van der Waals surface area contributed by atoms with E-state index < -0.39 is 0 Å². The molecule has 4 heteroatoms. The Balaban J connectivity index is 2.54. The minimum atomic E-state index is -0.00296. The standard InChI is InChI=1S/C12H22N2O2/c1-3-7-14(8-9-16-2)12(15)10-5-4-6-11(10)13/h3,10-11H,1,4-9,13H2,2H3. The van der Waals surface area contributed by atoms with Gasteiger partial charge in [-0.05, 0) is 12.8 Å². The second kappa shape index (κ2) is 6.66. The third-order valence-corrected chi connectivity index (χ3v) is 3.11. The molecular weight excluding hydrogens is 204 g/mol. The average molecular weight is 226 g/mol. The molecule has 1 rings (SSSR count). The Morgan fingerprint density at radius 2 is 2.38 bits per heavy atom. The van der Waals surface area contributed by atoms with Crippen molar-refractivity contribution in [2.45, 2.75) is 25.3 Å². The largest absolute Gasteiger partial charge is 0.383 e. The van der Waals surface area contributed by atoms with Gasteiger partial charge in [0.15, 0.2) is 0 Å². The Kier molecular flexibility index (Phi) is 5.49. The molecule has 0 aromatic rings. The van der Waals surface area contributed by atoms with Crippen molar-refractivity contribution < 1.29 is 9.53 Å². The van der Waals surface area contributed by atoms with Gasteiger partial charge in [-0.2, -0.15) is 0 Å². The zero-order valence-electron chi connectivity index (χ0n) is 10.0. The first-order valence-electron chi connectivity index (χ1n) is 5.85. The molecule has 1 aliphatic carbocycles. The van der Waals surface area contributed by atoms with Gasteiger partial charge >= 0.3 is 0 Å². The highest BCUT2D eigenvalue weighted by Crippen LogP contribution is 2.25. The average Bonchev–Trinajstić information content (AvgIpc) is 2.69. The predicted octanol–water partition coefficient (Wildman–Crippen LogP) is 0.775. The first kappa shape index (κ1) is 13.2. The van der Waals surface area contributed by atoms with E-state index >= 15 is 0 Å². The minimum absolute atomic E-state index is 0.00296. The summed E-state index contributed by atoms with van der Waals surface area (Å²) < 4.78 is 5.00. The fourth-order valence-corrected chi connectivity index (χ4v) is 2.18. The van der Waals surface area contributed by atoms with Crippen LogP contribution in [-0.4, -0.2) is 43.7 Å². The van der Waals surface area contributed by atoms with Crippen molar-refractivity contribution in [1.29, 1.82) is 0 Å². The molecule has 0 aromatic carbocycles. The quantitative estimate of drug-likeness (QED) is 0.681. The molecule has 0 heterocycles. The van der Waals surface area contributed by atoms with E-state index in [0.29, 0.717) is 19.7 Å².